The van der Waals surface area contributed by atoms with Gasteiger partial charge in [-0.1, -0.05) is 6.07 Å². The Morgan fingerprint density at radius 2 is 2.06 bits per heavy atom. The number of rotatable bonds is 3. The van der Waals surface area contributed by atoms with Crippen LogP contribution in [-0.2, 0) is 4.79 Å². The van der Waals surface area contributed by atoms with Gasteiger partial charge in [0.2, 0.25) is 12.7 Å². The molecule has 92 valence electrons. The third-order valence-corrected chi connectivity index (χ3v) is 2.62. The first-order valence-electron chi connectivity index (χ1n) is 5.45. The second kappa shape index (κ2) is 4.63. The van der Waals surface area contributed by atoms with E-state index in [1.165, 1.54) is 0 Å². The lowest BCUT2D eigenvalue weighted by molar-refractivity contribution is -0.125. The number of nitrogens with zero attached hydrogens (tertiary/aromatic N) is 1. The summed E-state index contributed by atoms with van der Waals surface area (Å²) in [5.41, 5.74) is 3.64. The van der Waals surface area contributed by atoms with Gasteiger partial charge < -0.3 is 9.47 Å². The maximum atomic E-state index is 11.8. The van der Waals surface area contributed by atoms with Crippen LogP contribution in [0, 0.1) is 0 Å². The Hall–Kier alpha value is -1.75. The van der Waals surface area contributed by atoms with Crippen LogP contribution in [0.1, 0.15) is 18.4 Å². The molecule has 17 heavy (non-hydrogen) atoms. The number of carbonyl (C=O) groups excluding carboxylic acids is 1. The van der Waals surface area contributed by atoms with Gasteiger partial charge in [0.15, 0.2) is 11.5 Å². The van der Waals surface area contributed by atoms with E-state index in [-0.39, 0.29) is 18.6 Å². The minimum Gasteiger partial charge on any atom is -0.454 e. The summed E-state index contributed by atoms with van der Waals surface area (Å²) >= 11 is 0. The summed E-state index contributed by atoms with van der Waals surface area (Å²) in [5.74, 6) is 1.15. The second-order valence-electron chi connectivity index (χ2n) is 4.20. The molecule has 0 saturated heterocycles. The molecule has 0 aromatic heterocycles. The highest BCUT2D eigenvalue weighted by Crippen LogP contribution is 2.34. The van der Waals surface area contributed by atoms with Crippen LogP contribution in [0.5, 0.6) is 11.5 Å². The Balaban J connectivity index is 2.14. The van der Waals surface area contributed by atoms with Crippen LogP contribution in [0.25, 0.3) is 0 Å². The minimum absolute atomic E-state index is 0.0473. The zero-order chi connectivity index (χ0) is 12.4. The van der Waals surface area contributed by atoms with Crippen LogP contribution in [0.2, 0.25) is 0 Å². The SMILES string of the molecule is CC(C(=O)NN(C)C)c1ccc2c(c1)OCO2. The monoisotopic (exact) mass is 236 g/mol. The quantitative estimate of drug-likeness (QED) is 0.799. The Kier molecular flexibility index (Phi) is 3.19. The third-order valence-electron chi connectivity index (χ3n) is 2.62. The molecule has 1 atom stereocenters. The predicted molar refractivity (Wildman–Crippen MR) is 62.8 cm³/mol. The molecule has 0 saturated carbocycles. The van der Waals surface area contributed by atoms with E-state index < -0.39 is 0 Å². The van der Waals surface area contributed by atoms with Crippen molar-refractivity contribution >= 4 is 5.91 Å². The van der Waals surface area contributed by atoms with Gasteiger partial charge in [0, 0.05) is 14.1 Å². The number of hydrazine groups is 1. The van der Waals surface area contributed by atoms with Gasteiger partial charge in [-0.05, 0) is 24.6 Å². The summed E-state index contributed by atoms with van der Waals surface area (Å²) in [7, 11) is 3.56. The molecule has 1 unspecified atom stereocenters. The Morgan fingerprint density at radius 3 is 2.76 bits per heavy atom. The molecule has 1 heterocycles. The van der Waals surface area contributed by atoms with E-state index in [0.29, 0.717) is 5.75 Å². The zero-order valence-electron chi connectivity index (χ0n) is 10.2. The van der Waals surface area contributed by atoms with E-state index >= 15 is 0 Å². The van der Waals surface area contributed by atoms with Gasteiger partial charge in [0.1, 0.15) is 0 Å². The molecule has 1 amide bonds. The van der Waals surface area contributed by atoms with Crippen LogP contribution < -0.4 is 14.9 Å². The summed E-state index contributed by atoms with van der Waals surface area (Å²) in [6.07, 6.45) is 0. The maximum Gasteiger partial charge on any atom is 0.241 e. The van der Waals surface area contributed by atoms with E-state index in [9.17, 15) is 4.79 Å². The molecule has 0 radical (unpaired) electrons. The number of nitrogens with one attached hydrogen (secondary N) is 1. The summed E-state index contributed by atoms with van der Waals surface area (Å²) < 4.78 is 10.5. The Morgan fingerprint density at radius 1 is 1.35 bits per heavy atom. The lowest BCUT2D eigenvalue weighted by Gasteiger charge is -2.17. The molecule has 5 nitrogen and oxygen atoms in total. The molecule has 1 aliphatic rings. The van der Waals surface area contributed by atoms with Gasteiger partial charge in [-0.25, -0.2) is 5.01 Å². The highest BCUT2D eigenvalue weighted by Gasteiger charge is 2.20. The van der Waals surface area contributed by atoms with Crippen molar-refractivity contribution < 1.29 is 14.3 Å². The van der Waals surface area contributed by atoms with Gasteiger partial charge in [-0.15, -0.1) is 0 Å². The average Bonchev–Trinajstić information content (AvgIpc) is 2.73. The smallest absolute Gasteiger partial charge is 0.241 e. The lowest BCUT2D eigenvalue weighted by atomic mass is 10.0. The topological polar surface area (TPSA) is 50.8 Å². The largest absolute Gasteiger partial charge is 0.454 e. The number of fused-ring (bicyclic) bond motifs is 1. The Labute approximate surface area is 100 Å². The van der Waals surface area contributed by atoms with Crippen molar-refractivity contribution in [3.63, 3.8) is 0 Å². The highest BCUT2D eigenvalue weighted by atomic mass is 16.7. The van der Waals surface area contributed by atoms with Gasteiger partial charge in [0.05, 0.1) is 5.92 Å². The highest BCUT2D eigenvalue weighted by molar-refractivity contribution is 5.83. The molecule has 1 N–H and O–H groups in total. The van der Waals surface area contributed by atoms with Crippen LogP contribution in [0.4, 0.5) is 0 Å². The van der Waals surface area contributed by atoms with Crippen molar-refractivity contribution in [3.8, 4) is 11.5 Å². The summed E-state index contributed by atoms with van der Waals surface area (Å²) in [5, 5.41) is 1.63. The molecule has 2 rings (SSSR count). The fourth-order valence-corrected chi connectivity index (χ4v) is 1.65. The summed E-state index contributed by atoms with van der Waals surface area (Å²) in [6, 6.07) is 5.56. The fourth-order valence-electron chi connectivity index (χ4n) is 1.65. The molecule has 0 fully saturated rings. The molecule has 0 spiro atoms. The zero-order valence-corrected chi connectivity index (χ0v) is 10.2. The lowest BCUT2D eigenvalue weighted by Crippen LogP contribution is -2.38. The number of amides is 1. The van der Waals surface area contributed by atoms with E-state index in [2.05, 4.69) is 5.43 Å². The molecule has 1 aliphatic heterocycles. The summed E-state index contributed by atoms with van der Waals surface area (Å²) in [4.78, 5) is 11.8. The molecule has 1 aromatic carbocycles. The van der Waals surface area contributed by atoms with Crippen molar-refractivity contribution in [2.24, 2.45) is 0 Å². The van der Waals surface area contributed by atoms with Crippen molar-refractivity contribution in [2.45, 2.75) is 12.8 Å². The Bertz CT molecular complexity index is 432. The molecule has 0 bridgehead atoms. The van der Waals surface area contributed by atoms with Gasteiger partial charge in [0.25, 0.3) is 0 Å². The van der Waals surface area contributed by atoms with Crippen LogP contribution in [0.15, 0.2) is 18.2 Å². The second-order valence-corrected chi connectivity index (χ2v) is 4.20. The first-order valence-corrected chi connectivity index (χ1v) is 5.45. The van der Waals surface area contributed by atoms with E-state index in [0.717, 1.165) is 11.3 Å². The number of hydrogen-bond donors (Lipinski definition) is 1. The number of hydrogen-bond acceptors (Lipinski definition) is 4. The van der Waals surface area contributed by atoms with Crippen molar-refractivity contribution in [2.75, 3.05) is 20.9 Å². The van der Waals surface area contributed by atoms with Crippen molar-refractivity contribution in [1.82, 2.24) is 10.4 Å². The van der Waals surface area contributed by atoms with Gasteiger partial charge in [-0.3, -0.25) is 10.2 Å². The van der Waals surface area contributed by atoms with Crippen LogP contribution in [-0.4, -0.2) is 31.8 Å². The van der Waals surface area contributed by atoms with Crippen LogP contribution >= 0.6 is 0 Å². The molecular formula is C12H16N2O3. The average molecular weight is 236 g/mol. The number of benzene rings is 1. The standard InChI is InChI=1S/C12H16N2O3/c1-8(12(15)13-14(2)3)9-4-5-10-11(6-9)17-7-16-10/h4-6,8H,7H2,1-3H3,(H,13,15). The minimum atomic E-state index is -0.230. The first-order chi connectivity index (χ1) is 8.08. The van der Waals surface area contributed by atoms with E-state index in [4.69, 9.17) is 9.47 Å². The van der Waals surface area contributed by atoms with E-state index in [1.54, 1.807) is 19.1 Å². The summed E-state index contributed by atoms with van der Waals surface area (Å²) in [6.45, 7) is 2.10. The van der Waals surface area contributed by atoms with Gasteiger partial charge in [-0.2, -0.15) is 0 Å². The maximum absolute atomic E-state index is 11.8. The molecule has 1 aromatic rings. The van der Waals surface area contributed by atoms with Crippen molar-refractivity contribution in [1.29, 1.82) is 0 Å². The molecule has 0 aliphatic carbocycles. The fraction of sp³-hybridized carbons (Fsp3) is 0.417. The predicted octanol–water partition coefficient (Wildman–Crippen LogP) is 1.11. The van der Waals surface area contributed by atoms with Gasteiger partial charge >= 0.3 is 0 Å². The normalized spacial score (nSPS) is 14.8. The van der Waals surface area contributed by atoms with Crippen LogP contribution in [0.3, 0.4) is 0 Å². The van der Waals surface area contributed by atoms with E-state index in [1.807, 2.05) is 25.1 Å². The molecule has 5 heteroatoms. The number of ether oxygens (including phenoxy) is 2. The molecular weight excluding hydrogens is 220 g/mol. The first kappa shape index (κ1) is 11.7. The van der Waals surface area contributed by atoms with Crippen molar-refractivity contribution in [3.05, 3.63) is 23.8 Å². The number of carbonyl (C=O) groups is 1. The third kappa shape index (κ3) is 2.50.